The topological polar surface area (TPSA) is 84.5 Å². The molecule has 0 unspecified atom stereocenters. The van der Waals surface area contributed by atoms with Gasteiger partial charge in [0.1, 0.15) is 16.5 Å². The molecule has 0 saturated carbocycles. The van der Waals surface area contributed by atoms with Crippen LogP contribution in [0, 0.1) is 5.82 Å². The van der Waals surface area contributed by atoms with Gasteiger partial charge in [-0.1, -0.05) is 11.6 Å². The number of hydrogen-bond acceptors (Lipinski definition) is 4. The predicted octanol–water partition coefficient (Wildman–Crippen LogP) is 3.82. The summed E-state index contributed by atoms with van der Waals surface area (Å²) in [6.07, 6.45) is 0. The molecular formula is C18H20ClFN2O4S. The van der Waals surface area contributed by atoms with Crippen molar-refractivity contribution in [1.29, 1.82) is 0 Å². The average Bonchev–Trinajstić information content (AvgIpc) is 2.54. The fourth-order valence-corrected chi connectivity index (χ4v) is 4.04. The summed E-state index contributed by atoms with van der Waals surface area (Å²) in [6.45, 7) is 5.07. The van der Waals surface area contributed by atoms with Crippen LogP contribution in [0.1, 0.15) is 31.1 Å². The van der Waals surface area contributed by atoms with Crippen LogP contribution in [0.4, 0.5) is 10.1 Å². The van der Waals surface area contributed by atoms with Crippen LogP contribution in [-0.4, -0.2) is 27.0 Å². The van der Waals surface area contributed by atoms with Crippen molar-refractivity contribution in [3.05, 3.63) is 52.8 Å². The van der Waals surface area contributed by atoms with Gasteiger partial charge in [-0.05, 0) is 57.2 Å². The SMILES string of the molecule is COc1ccc(C(=O)Nc2ccc(Cl)cc2F)cc1S(=O)(=O)NC(C)(C)C. The minimum Gasteiger partial charge on any atom is -0.495 e. The Kier molecular flexibility index (Phi) is 6.14. The molecule has 0 bridgehead atoms. The van der Waals surface area contributed by atoms with Crippen LogP contribution < -0.4 is 14.8 Å². The maximum atomic E-state index is 13.9. The lowest BCUT2D eigenvalue weighted by atomic mass is 10.1. The Balaban J connectivity index is 2.40. The number of halogens is 2. The van der Waals surface area contributed by atoms with Crippen LogP contribution >= 0.6 is 11.6 Å². The van der Waals surface area contributed by atoms with Crippen molar-refractivity contribution in [2.75, 3.05) is 12.4 Å². The van der Waals surface area contributed by atoms with E-state index in [1.165, 1.54) is 37.4 Å². The molecule has 0 atom stereocenters. The fraction of sp³-hybridized carbons (Fsp3) is 0.278. The molecule has 2 aromatic rings. The Labute approximate surface area is 162 Å². The van der Waals surface area contributed by atoms with Crippen LogP contribution in [0.5, 0.6) is 5.75 Å². The van der Waals surface area contributed by atoms with Crippen LogP contribution in [0.3, 0.4) is 0 Å². The maximum Gasteiger partial charge on any atom is 0.255 e. The van der Waals surface area contributed by atoms with E-state index < -0.39 is 27.3 Å². The van der Waals surface area contributed by atoms with E-state index in [2.05, 4.69) is 10.0 Å². The van der Waals surface area contributed by atoms with Crippen molar-refractivity contribution in [2.45, 2.75) is 31.2 Å². The highest BCUT2D eigenvalue weighted by atomic mass is 35.5. The van der Waals surface area contributed by atoms with Crippen LogP contribution in [0.25, 0.3) is 0 Å². The molecule has 2 rings (SSSR count). The van der Waals surface area contributed by atoms with Gasteiger partial charge in [0.2, 0.25) is 10.0 Å². The summed E-state index contributed by atoms with van der Waals surface area (Å²) in [5.74, 6) is -1.29. The van der Waals surface area contributed by atoms with E-state index in [4.69, 9.17) is 16.3 Å². The summed E-state index contributed by atoms with van der Waals surface area (Å²) in [4.78, 5) is 12.3. The first-order valence-electron chi connectivity index (χ1n) is 7.91. The number of carbonyl (C=O) groups excluding carboxylic acids is 1. The van der Waals surface area contributed by atoms with Gasteiger partial charge in [-0.2, -0.15) is 0 Å². The monoisotopic (exact) mass is 414 g/mol. The first-order valence-corrected chi connectivity index (χ1v) is 9.77. The molecule has 1 amide bonds. The van der Waals surface area contributed by atoms with E-state index in [0.717, 1.165) is 6.07 Å². The molecular weight excluding hydrogens is 395 g/mol. The summed E-state index contributed by atoms with van der Waals surface area (Å²) in [7, 11) is -2.62. The van der Waals surface area contributed by atoms with E-state index in [1.54, 1.807) is 20.8 Å². The quantitative estimate of drug-likeness (QED) is 0.779. The number of anilines is 1. The van der Waals surface area contributed by atoms with Crippen molar-refractivity contribution >= 4 is 33.2 Å². The average molecular weight is 415 g/mol. The van der Waals surface area contributed by atoms with E-state index in [9.17, 15) is 17.6 Å². The zero-order valence-corrected chi connectivity index (χ0v) is 16.8. The van der Waals surface area contributed by atoms with Gasteiger partial charge in [-0.25, -0.2) is 17.5 Å². The summed E-state index contributed by atoms with van der Waals surface area (Å²) in [5, 5.41) is 2.58. The predicted molar refractivity (Wildman–Crippen MR) is 102 cm³/mol. The third-order valence-corrected chi connectivity index (χ3v) is 5.35. The lowest BCUT2D eigenvalue weighted by Gasteiger charge is -2.21. The van der Waals surface area contributed by atoms with Crippen molar-refractivity contribution in [1.82, 2.24) is 4.72 Å². The van der Waals surface area contributed by atoms with E-state index in [-0.39, 0.29) is 26.9 Å². The number of hydrogen-bond donors (Lipinski definition) is 2. The number of sulfonamides is 1. The summed E-state index contributed by atoms with van der Waals surface area (Å²) in [6, 6.07) is 7.74. The zero-order chi connectivity index (χ0) is 20.4. The van der Waals surface area contributed by atoms with Gasteiger partial charge in [0.05, 0.1) is 12.8 Å². The zero-order valence-electron chi connectivity index (χ0n) is 15.3. The second-order valence-electron chi connectivity index (χ2n) is 6.80. The van der Waals surface area contributed by atoms with Gasteiger partial charge in [-0.3, -0.25) is 4.79 Å². The Morgan fingerprint density at radius 2 is 1.81 bits per heavy atom. The molecule has 0 saturated heterocycles. The number of ether oxygens (including phenoxy) is 1. The van der Waals surface area contributed by atoms with E-state index in [0.29, 0.717) is 0 Å². The molecule has 0 heterocycles. The van der Waals surface area contributed by atoms with Crippen LogP contribution in [0.2, 0.25) is 5.02 Å². The highest BCUT2D eigenvalue weighted by Gasteiger charge is 2.26. The first kappa shape index (κ1) is 21.1. The molecule has 6 nitrogen and oxygen atoms in total. The van der Waals surface area contributed by atoms with Gasteiger partial charge < -0.3 is 10.1 Å². The highest BCUT2D eigenvalue weighted by molar-refractivity contribution is 7.89. The van der Waals surface area contributed by atoms with Gasteiger partial charge >= 0.3 is 0 Å². The Morgan fingerprint density at radius 3 is 2.37 bits per heavy atom. The molecule has 9 heteroatoms. The molecule has 0 radical (unpaired) electrons. The molecule has 0 aliphatic heterocycles. The van der Waals surface area contributed by atoms with Crippen LogP contribution in [-0.2, 0) is 10.0 Å². The smallest absolute Gasteiger partial charge is 0.255 e. The molecule has 2 N–H and O–H groups in total. The second-order valence-corrected chi connectivity index (χ2v) is 8.89. The van der Waals surface area contributed by atoms with Gasteiger partial charge in [0, 0.05) is 16.1 Å². The lowest BCUT2D eigenvalue weighted by molar-refractivity contribution is 0.102. The number of methoxy groups -OCH3 is 1. The molecule has 0 aliphatic rings. The normalized spacial score (nSPS) is 11.9. The summed E-state index contributed by atoms with van der Waals surface area (Å²) >= 11 is 5.69. The lowest BCUT2D eigenvalue weighted by Crippen LogP contribution is -2.40. The van der Waals surface area contributed by atoms with Crippen molar-refractivity contribution in [3.63, 3.8) is 0 Å². The van der Waals surface area contributed by atoms with Crippen molar-refractivity contribution in [3.8, 4) is 5.75 Å². The third-order valence-electron chi connectivity index (χ3n) is 3.34. The van der Waals surface area contributed by atoms with Crippen molar-refractivity contribution < 1.29 is 22.3 Å². The minimum absolute atomic E-state index is 0.0273. The van der Waals surface area contributed by atoms with Gasteiger partial charge in [0.25, 0.3) is 5.91 Å². The highest BCUT2D eigenvalue weighted by Crippen LogP contribution is 2.27. The van der Waals surface area contributed by atoms with Crippen LogP contribution in [0.15, 0.2) is 41.3 Å². The molecule has 146 valence electrons. The molecule has 2 aromatic carbocycles. The third kappa shape index (κ3) is 5.41. The summed E-state index contributed by atoms with van der Waals surface area (Å²) < 4.78 is 46.8. The standard InChI is InChI=1S/C18H20ClFN2O4S/c1-18(2,3)22-27(24,25)16-9-11(5-8-15(16)26-4)17(23)21-14-7-6-12(19)10-13(14)20/h5-10,22H,1-4H3,(H,21,23). The van der Waals surface area contributed by atoms with Gasteiger partial charge in [0.15, 0.2) is 0 Å². The molecule has 0 spiro atoms. The summed E-state index contributed by atoms with van der Waals surface area (Å²) in [5.41, 5.74) is -0.772. The largest absolute Gasteiger partial charge is 0.495 e. The first-order chi connectivity index (χ1) is 12.4. The second kappa shape index (κ2) is 7.84. The van der Waals surface area contributed by atoms with E-state index in [1.807, 2.05) is 0 Å². The minimum atomic E-state index is -3.95. The molecule has 0 fully saturated rings. The fourth-order valence-electron chi connectivity index (χ4n) is 2.27. The van der Waals surface area contributed by atoms with Crippen molar-refractivity contribution in [2.24, 2.45) is 0 Å². The molecule has 0 aliphatic carbocycles. The Morgan fingerprint density at radius 1 is 1.15 bits per heavy atom. The number of amides is 1. The number of benzene rings is 2. The number of rotatable bonds is 5. The van der Waals surface area contributed by atoms with Gasteiger partial charge in [-0.15, -0.1) is 0 Å². The number of nitrogens with one attached hydrogen (secondary N) is 2. The molecule has 0 aromatic heterocycles. The van der Waals surface area contributed by atoms with E-state index >= 15 is 0 Å². The molecule has 27 heavy (non-hydrogen) atoms. The Bertz CT molecular complexity index is 972. The maximum absolute atomic E-state index is 13.9. The Hall–Kier alpha value is -2.16. The number of carbonyl (C=O) groups is 1.